The molecule has 1 aliphatic heterocycles. The molecule has 1 unspecified atom stereocenters. The Morgan fingerprint density at radius 2 is 2.10 bits per heavy atom. The third kappa shape index (κ3) is 2.93. The second-order valence-corrected chi connectivity index (χ2v) is 5.96. The molecule has 1 N–H and O–H groups in total. The van der Waals surface area contributed by atoms with E-state index in [4.69, 9.17) is 0 Å². The summed E-state index contributed by atoms with van der Waals surface area (Å²) in [6.07, 6.45) is 0.999. The predicted octanol–water partition coefficient (Wildman–Crippen LogP) is 1.27. The highest BCUT2D eigenvalue weighted by Gasteiger charge is 2.29. The molecule has 1 fully saturated rings. The molecule has 1 atom stereocenters. The van der Waals surface area contributed by atoms with E-state index >= 15 is 0 Å². The molecular weight excluding hydrogens is 254 g/mol. The highest BCUT2D eigenvalue weighted by atomic mass is 16.2. The van der Waals surface area contributed by atoms with Crippen LogP contribution in [0.15, 0.2) is 16.9 Å². The number of likely N-dealkylation sites (tertiary alicyclic amines) is 1. The molecule has 5 nitrogen and oxygen atoms in total. The number of hydrogen-bond donors (Lipinski definition) is 1. The lowest BCUT2D eigenvalue weighted by molar-refractivity contribution is 0.0781. The summed E-state index contributed by atoms with van der Waals surface area (Å²) in [5, 5.41) is 0. The van der Waals surface area contributed by atoms with Crippen LogP contribution in [0.4, 0.5) is 0 Å². The van der Waals surface area contributed by atoms with Crippen LogP contribution in [0.2, 0.25) is 0 Å². The van der Waals surface area contributed by atoms with Crippen LogP contribution >= 0.6 is 0 Å². The lowest BCUT2D eigenvalue weighted by Crippen LogP contribution is -2.35. The molecule has 0 aromatic carbocycles. The number of aromatic amines is 1. The van der Waals surface area contributed by atoms with Crippen LogP contribution in [0.25, 0.3) is 0 Å². The first-order valence-corrected chi connectivity index (χ1v) is 7.09. The van der Waals surface area contributed by atoms with Crippen molar-refractivity contribution < 1.29 is 4.79 Å². The molecule has 1 aliphatic rings. The maximum Gasteiger partial charge on any atom is 0.255 e. The van der Waals surface area contributed by atoms with Gasteiger partial charge >= 0.3 is 0 Å². The quantitative estimate of drug-likeness (QED) is 0.905. The Kier molecular flexibility index (Phi) is 4.28. The minimum absolute atomic E-state index is 0.0225. The van der Waals surface area contributed by atoms with Gasteiger partial charge in [0, 0.05) is 30.9 Å². The van der Waals surface area contributed by atoms with E-state index < -0.39 is 0 Å². The fourth-order valence-electron chi connectivity index (χ4n) is 2.65. The summed E-state index contributed by atoms with van der Waals surface area (Å²) in [7, 11) is 4.08. The van der Waals surface area contributed by atoms with E-state index in [1.165, 1.54) is 6.07 Å². The van der Waals surface area contributed by atoms with Gasteiger partial charge in [0.05, 0.1) is 5.56 Å². The first kappa shape index (κ1) is 14.8. The van der Waals surface area contributed by atoms with Gasteiger partial charge < -0.3 is 14.8 Å². The SMILES string of the molecule is CC(C)c1[nH]c(=O)ccc1C(=O)N1CCC(N(C)C)C1. The molecule has 110 valence electrons. The number of nitrogens with zero attached hydrogens (tertiary/aromatic N) is 2. The van der Waals surface area contributed by atoms with Gasteiger partial charge in [-0.05, 0) is 32.5 Å². The van der Waals surface area contributed by atoms with Crippen molar-refractivity contribution in [2.45, 2.75) is 32.2 Å². The number of aromatic nitrogens is 1. The normalized spacial score (nSPS) is 19.1. The molecule has 0 bridgehead atoms. The van der Waals surface area contributed by atoms with Gasteiger partial charge in [-0.1, -0.05) is 13.8 Å². The summed E-state index contributed by atoms with van der Waals surface area (Å²) in [5.41, 5.74) is 1.20. The summed E-state index contributed by atoms with van der Waals surface area (Å²) in [5.74, 6) is 0.143. The zero-order chi connectivity index (χ0) is 14.9. The van der Waals surface area contributed by atoms with Crippen LogP contribution in [0.5, 0.6) is 0 Å². The summed E-state index contributed by atoms with van der Waals surface area (Å²) < 4.78 is 0. The van der Waals surface area contributed by atoms with Crippen molar-refractivity contribution in [3.05, 3.63) is 33.7 Å². The van der Waals surface area contributed by atoms with E-state index in [1.54, 1.807) is 6.07 Å². The van der Waals surface area contributed by atoms with E-state index in [-0.39, 0.29) is 17.4 Å². The van der Waals surface area contributed by atoms with Crippen LogP contribution in [0.1, 0.15) is 42.2 Å². The Hall–Kier alpha value is -1.62. The van der Waals surface area contributed by atoms with Crippen molar-refractivity contribution in [3.63, 3.8) is 0 Å². The smallest absolute Gasteiger partial charge is 0.255 e. The van der Waals surface area contributed by atoms with Gasteiger partial charge in [-0.25, -0.2) is 0 Å². The molecule has 0 aliphatic carbocycles. The summed E-state index contributed by atoms with van der Waals surface area (Å²) in [4.78, 5) is 30.9. The zero-order valence-electron chi connectivity index (χ0n) is 12.6. The highest BCUT2D eigenvalue weighted by Crippen LogP contribution is 2.20. The van der Waals surface area contributed by atoms with E-state index in [0.717, 1.165) is 25.2 Å². The fraction of sp³-hybridized carbons (Fsp3) is 0.600. The maximum atomic E-state index is 12.6. The molecule has 0 spiro atoms. The number of carbonyl (C=O) groups is 1. The van der Waals surface area contributed by atoms with Crippen LogP contribution in [0, 0.1) is 0 Å². The summed E-state index contributed by atoms with van der Waals surface area (Å²) >= 11 is 0. The van der Waals surface area contributed by atoms with E-state index in [1.807, 2.05) is 32.8 Å². The Labute approximate surface area is 119 Å². The fourth-order valence-corrected chi connectivity index (χ4v) is 2.65. The van der Waals surface area contributed by atoms with Crippen LogP contribution in [0.3, 0.4) is 0 Å². The molecule has 1 aromatic heterocycles. The number of H-pyrrole nitrogens is 1. The van der Waals surface area contributed by atoms with Crippen molar-refractivity contribution in [1.82, 2.24) is 14.8 Å². The number of carbonyl (C=O) groups excluding carboxylic acids is 1. The molecule has 20 heavy (non-hydrogen) atoms. The van der Waals surface area contributed by atoms with Crippen LogP contribution in [-0.4, -0.2) is 53.9 Å². The molecular formula is C15H23N3O2. The Morgan fingerprint density at radius 1 is 1.40 bits per heavy atom. The minimum Gasteiger partial charge on any atom is -0.337 e. The predicted molar refractivity (Wildman–Crippen MR) is 79.1 cm³/mol. The van der Waals surface area contributed by atoms with Gasteiger partial charge in [0.1, 0.15) is 0 Å². The Bertz CT molecular complexity index is 548. The first-order valence-electron chi connectivity index (χ1n) is 7.09. The van der Waals surface area contributed by atoms with Crippen LogP contribution < -0.4 is 5.56 Å². The topological polar surface area (TPSA) is 56.4 Å². The Balaban J connectivity index is 2.24. The van der Waals surface area contributed by atoms with Gasteiger partial charge in [0.15, 0.2) is 0 Å². The standard InChI is InChI=1S/C15H23N3O2/c1-10(2)14-12(5-6-13(19)16-14)15(20)18-8-7-11(9-18)17(3)4/h5-6,10-11H,7-9H2,1-4H3,(H,16,19). The minimum atomic E-state index is -0.155. The third-order valence-electron chi connectivity index (χ3n) is 3.94. The molecule has 5 heteroatoms. The van der Waals surface area contributed by atoms with E-state index in [0.29, 0.717) is 11.6 Å². The largest absolute Gasteiger partial charge is 0.337 e. The third-order valence-corrected chi connectivity index (χ3v) is 3.94. The number of hydrogen-bond acceptors (Lipinski definition) is 3. The maximum absolute atomic E-state index is 12.6. The number of nitrogens with one attached hydrogen (secondary N) is 1. The number of pyridine rings is 1. The second kappa shape index (κ2) is 5.79. The van der Waals surface area contributed by atoms with Crippen molar-refractivity contribution in [1.29, 1.82) is 0 Å². The van der Waals surface area contributed by atoms with Gasteiger partial charge in [-0.2, -0.15) is 0 Å². The van der Waals surface area contributed by atoms with Gasteiger partial charge in [-0.3, -0.25) is 9.59 Å². The average Bonchev–Trinajstić information content (AvgIpc) is 2.87. The molecule has 2 heterocycles. The average molecular weight is 277 g/mol. The summed E-state index contributed by atoms with van der Waals surface area (Å²) in [6, 6.07) is 3.50. The molecule has 0 saturated carbocycles. The van der Waals surface area contributed by atoms with Crippen molar-refractivity contribution in [2.24, 2.45) is 0 Å². The van der Waals surface area contributed by atoms with Gasteiger partial charge in [0.25, 0.3) is 5.91 Å². The molecule has 1 saturated heterocycles. The van der Waals surface area contributed by atoms with Crippen molar-refractivity contribution in [3.8, 4) is 0 Å². The monoisotopic (exact) mass is 277 g/mol. The van der Waals surface area contributed by atoms with Gasteiger partial charge in [-0.15, -0.1) is 0 Å². The summed E-state index contributed by atoms with van der Waals surface area (Å²) in [6.45, 7) is 5.49. The van der Waals surface area contributed by atoms with Crippen LogP contribution in [-0.2, 0) is 0 Å². The highest BCUT2D eigenvalue weighted by molar-refractivity contribution is 5.95. The first-order chi connectivity index (χ1) is 9.40. The number of likely N-dealkylation sites (N-methyl/N-ethyl adjacent to an activating group) is 1. The van der Waals surface area contributed by atoms with Crippen molar-refractivity contribution >= 4 is 5.91 Å². The molecule has 1 amide bonds. The molecule has 2 rings (SSSR count). The van der Waals surface area contributed by atoms with E-state index in [2.05, 4.69) is 9.88 Å². The Morgan fingerprint density at radius 3 is 2.65 bits per heavy atom. The molecule has 0 radical (unpaired) electrons. The lowest BCUT2D eigenvalue weighted by Gasteiger charge is -2.21. The number of rotatable bonds is 3. The van der Waals surface area contributed by atoms with Gasteiger partial charge in [0.2, 0.25) is 5.56 Å². The number of amides is 1. The second-order valence-electron chi connectivity index (χ2n) is 5.96. The van der Waals surface area contributed by atoms with Crippen molar-refractivity contribution in [2.75, 3.05) is 27.2 Å². The molecule has 1 aromatic rings. The zero-order valence-corrected chi connectivity index (χ0v) is 12.6. The van der Waals surface area contributed by atoms with E-state index in [9.17, 15) is 9.59 Å². The lowest BCUT2D eigenvalue weighted by atomic mass is 10.0.